The third kappa shape index (κ3) is 5.34. The van der Waals surface area contributed by atoms with Crippen LogP contribution in [0.3, 0.4) is 0 Å². The van der Waals surface area contributed by atoms with Crippen LogP contribution >= 0.6 is 0 Å². The lowest BCUT2D eigenvalue weighted by atomic mass is 10.0. The number of hydrogen-bond acceptors (Lipinski definition) is 6. The summed E-state index contributed by atoms with van der Waals surface area (Å²) in [7, 11) is 1.61. The highest BCUT2D eigenvalue weighted by Crippen LogP contribution is 2.32. The fraction of sp³-hybridized carbons (Fsp3) is 0.400. The van der Waals surface area contributed by atoms with E-state index in [0.717, 1.165) is 23.3 Å². The minimum atomic E-state index is -0.257. The van der Waals surface area contributed by atoms with E-state index in [-0.39, 0.29) is 11.8 Å². The van der Waals surface area contributed by atoms with E-state index in [1.807, 2.05) is 55.1 Å². The molecule has 2 aromatic rings. The number of methoxy groups -OCH3 is 1. The molecule has 0 saturated heterocycles. The van der Waals surface area contributed by atoms with Crippen LogP contribution in [0.25, 0.3) is 5.57 Å². The van der Waals surface area contributed by atoms with E-state index in [0.29, 0.717) is 50.5 Å². The molecule has 3 rings (SSSR count). The molecular weight excluding hydrogens is 406 g/mol. The average molecular weight is 438 g/mol. The van der Waals surface area contributed by atoms with Crippen LogP contribution in [0.4, 0.5) is 0 Å². The first-order chi connectivity index (χ1) is 15.6. The molecule has 0 saturated carbocycles. The Morgan fingerprint density at radius 1 is 1.00 bits per heavy atom. The zero-order valence-electron chi connectivity index (χ0n) is 19.0. The van der Waals surface area contributed by atoms with Crippen molar-refractivity contribution in [3.63, 3.8) is 0 Å². The van der Waals surface area contributed by atoms with Crippen LogP contribution in [-0.2, 0) is 20.7 Å². The van der Waals surface area contributed by atoms with Crippen molar-refractivity contribution < 1.29 is 19.1 Å². The minimum absolute atomic E-state index is 0.244. The van der Waals surface area contributed by atoms with Crippen molar-refractivity contribution in [1.82, 2.24) is 14.8 Å². The maximum atomic E-state index is 13.4. The second-order valence-electron chi connectivity index (χ2n) is 7.47. The SMILES string of the molecule is CCOc1ccc(C2=C(N(CC)CCc3ccncc3)C(=O)N(CCCOC)C2=O)cc1. The van der Waals surface area contributed by atoms with E-state index < -0.39 is 0 Å². The topological polar surface area (TPSA) is 72.0 Å². The summed E-state index contributed by atoms with van der Waals surface area (Å²) in [5, 5.41) is 0. The molecule has 0 bridgehead atoms. The van der Waals surface area contributed by atoms with E-state index in [2.05, 4.69) is 4.98 Å². The van der Waals surface area contributed by atoms with E-state index >= 15 is 0 Å². The maximum absolute atomic E-state index is 13.4. The van der Waals surface area contributed by atoms with Gasteiger partial charge in [-0.3, -0.25) is 19.5 Å². The Hall–Kier alpha value is -3.19. The first-order valence-electron chi connectivity index (χ1n) is 11.1. The van der Waals surface area contributed by atoms with Gasteiger partial charge in [0, 0.05) is 45.7 Å². The number of pyridine rings is 1. The lowest BCUT2D eigenvalue weighted by Gasteiger charge is -2.25. The van der Waals surface area contributed by atoms with Gasteiger partial charge in [-0.2, -0.15) is 0 Å². The normalized spacial score (nSPS) is 13.8. The summed E-state index contributed by atoms with van der Waals surface area (Å²) in [5.74, 6) is 0.233. The second-order valence-corrected chi connectivity index (χ2v) is 7.47. The number of rotatable bonds is 12. The molecule has 0 fully saturated rings. The number of nitrogens with zero attached hydrogens (tertiary/aromatic N) is 3. The van der Waals surface area contributed by atoms with Crippen molar-refractivity contribution in [3.05, 3.63) is 65.6 Å². The third-order valence-corrected chi connectivity index (χ3v) is 5.45. The highest BCUT2D eigenvalue weighted by atomic mass is 16.5. The van der Waals surface area contributed by atoms with Crippen molar-refractivity contribution in [2.75, 3.05) is 40.0 Å². The summed E-state index contributed by atoms with van der Waals surface area (Å²) in [6.07, 6.45) is 4.87. The van der Waals surface area contributed by atoms with Gasteiger partial charge in [-0.25, -0.2) is 0 Å². The molecule has 7 heteroatoms. The maximum Gasteiger partial charge on any atom is 0.277 e. The van der Waals surface area contributed by atoms with Gasteiger partial charge in [0.1, 0.15) is 11.4 Å². The van der Waals surface area contributed by atoms with Gasteiger partial charge in [-0.1, -0.05) is 12.1 Å². The molecule has 0 aliphatic carbocycles. The van der Waals surface area contributed by atoms with E-state index in [1.165, 1.54) is 4.90 Å². The van der Waals surface area contributed by atoms with E-state index in [9.17, 15) is 9.59 Å². The fourth-order valence-corrected chi connectivity index (χ4v) is 3.81. The molecule has 1 aliphatic rings. The minimum Gasteiger partial charge on any atom is -0.494 e. The Labute approximate surface area is 189 Å². The molecule has 7 nitrogen and oxygen atoms in total. The Morgan fingerprint density at radius 2 is 1.72 bits per heavy atom. The van der Waals surface area contributed by atoms with Crippen molar-refractivity contribution in [1.29, 1.82) is 0 Å². The molecule has 2 amide bonds. The van der Waals surface area contributed by atoms with Crippen molar-refractivity contribution >= 4 is 17.4 Å². The molecule has 1 aromatic carbocycles. The van der Waals surface area contributed by atoms with Gasteiger partial charge in [-0.05, 0) is 62.1 Å². The fourth-order valence-electron chi connectivity index (χ4n) is 3.81. The van der Waals surface area contributed by atoms with Crippen LogP contribution in [0.15, 0.2) is 54.5 Å². The van der Waals surface area contributed by atoms with E-state index in [1.54, 1.807) is 19.5 Å². The molecule has 170 valence electrons. The molecular formula is C25H31N3O4. The first-order valence-corrected chi connectivity index (χ1v) is 11.1. The number of hydrogen-bond donors (Lipinski definition) is 0. The number of imide groups is 1. The summed E-state index contributed by atoms with van der Waals surface area (Å²) in [4.78, 5) is 34.2. The lowest BCUT2D eigenvalue weighted by molar-refractivity contribution is -0.137. The summed E-state index contributed by atoms with van der Waals surface area (Å²) in [6, 6.07) is 11.3. The number of amides is 2. The Bertz CT molecular complexity index is 941. The quantitative estimate of drug-likeness (QED) is 0.375. The summed E-state index contributed by atoms with van der Waals surface area (Å²) in [6.45, 7) is 6.56. The molecule has 0 spiro atoms. The van der Waals surface area contributed by atoms with Crippen LogP contribution in [0.2, 0.25) is 0 Å². The number of aromatic nitrogens is 1. The number of benzene rings is 1. The van der Waals surface area contributed by atoms with Gasteiger partial charge < -0.3 is 14.4 Å². The molecule has 0 radical (unpaired) electrons. The predicted octanol–water partition coefficient (Wildman–Crippen LogP) is 3.16. The molecule has 0 unspecified atom stereocenters. The van der Waals surface area contributed by atoms with Gasteiger partial charge in [0.25, 0.3) is 11.8 Å². The summed E-state index contributed by atoms with van der Waals surface area (Å²) in [5.41, 5.74) is 2.77. The van der Waals surface area contributed by atoms with Crippen LogP contribution in [0.5, 0.6) is 5.75 Å². The van der Waals surface area contributed by atoms with Gasteiger partial charge in [0.15, 0.2) is 0 Å². The zero-order valence-corrected chi connectivity index (χ0v) is 19.0. The highest BCUT2D eigenvalue weighted by Gasteiger charge is 2.40. The molecule has 1 aromatic heterocycles. The Morgan fingerprint density at radius 3 is 2.34 bits per heavy atom. The van der Waals surface area contributed by atoms with Crippen LogP contribution in [0.1, 0.15) is 31.4 Å². The summed E-state index contributed by atoms with van der Waals surface area (Å²) >= 11 is 0. The number of likely N-dealkylation sites (N-methyl/N-ethyl adjacent to an activating group) is 1. The van der Waals surface area contributed by atoms with Crippen LogP contribution < -0.4 is 4.74 Å². The van der Waals surface area contributed by atoms with Gasteiger partial charge in [0.05, 0.1) is 12.2 Å². The zero-order chi connectivity index (χ0) is 22.9. The van der Waals surface area contributed by atoms with Crippen molar-refractivity contribution in [2.24, 2.45) is 0 Å². The van der Waals surface area contributed by atoms with E-state index in [4.69, 9.17) is 9.47 Å². The average Bonchev–Trinajstić information content (AvgIpc) is 3.06. The Balaban J connectivity index is 1.93. The monoisotopic (exact) mass is 437 g/mol. The predicted molar refractivity (Wildman–Crippen MR) is 123 cm³/mol. The Kier molecular flexibility index (Phi) is 8.39. The standard InChI is InChI=1S/C25H31N3O4/c1-4-27(17-13-19-11-14-26-15-12-19)23-22(20-7-9-21(10-8-20)32-5-2)24(29)28(25(23)30)16-6-18-31-3/h7-12,14-15H,4-6,13,16-18H2,1-3H3. The smallest absolute Gasteiger partial charge is 0.277 e. The number of carbonyl (C=O) groups is 2. The van der Waals surface area contributed by atoms with Gasteiger partial charge >= 0.3 is 0 Å². The van der Waals surface area contributed by atoms with Crippen LogP contribution in [-0.4, -0.2) is 66.6 Å². The van der Waals surface area contributed by atoms with Crippen molar-refractivity contribution in [3.8, 4) is 5.75 Å². The third-order valence-electron chi connectivity index (χ3n) is 5.45. The van der Waals surface area contributed by atoms with Crippen LogP contribution in [0, 0.1) is 0 Å². The summed E-state index contributed by atoms with van der Waals surface area (Å²) < 4.78 is 10.6. The molecule has 0 N–H and O–H groups in total. The number of ether oxygens (including phenoxy) is 2. The largest absolute Gasteiger partial charge is 0.494 e. The molecule has 2 heterocycles. The lowest BCUT2D eigenvalue weighted by Crippen LogP contribution is -2.36. The van der Waals surface area contributed by atoms with Gasteiger partial charge in [0.2, 0.25) is 0 Å². The highest BCUT2D eigenvalue weighted by molar-refractivity contribution is 6.35. The van der Waals surface area contributed by atoms with Gasteiger partial charge in [-0.15, -0.1) is 0 Å². The molecule has 1 aliphatic heterocycles. The molecule has 0 atom stereocenters. The first kappa shape index (κ1) is 23.5. The number of carbonyl (C=O) groups excluding carboxylic acids is 2. The second kappa shape index (κ2) is 11.4. The van der Waals surface area contributed by atoms with Crippen molar-refractivity contribution in [2.45, 2.75) is 26.7 Å². The molecule has 32 heavy (non-hydrogen) atoms.